The summed E-state index contributed by atoms with van der Waals surface area (Å²) in [6, 6.07) is 6.88. The van der Waals surface area contributed by atoms with Crippen LogP contribution in [0.15, 0.2) is 45.8 Å². The molecule has 2 aromatic carbocycles. The fraction of sp³-hybridized carbons (Fsp3) is 0. The predicted molar refractivity (Wildman–Crippen MR) is 68.3 cm³/mol. The molecule has 0 saturated heterocycles. The van der Waals surface area contributed by atoms with Crippen molar-refractivity contribution in [3.05, 3.63) is 58.3 Å². The van der Waals surface area contributed by atoms with Gasteiger partial charge in [0.15, 0.2) is 17.5 Å². The number of hydrogen-bond donors (Lipinski definition) is 0. The Hall–Kier alpha value is -1.54. The molecule has 0 amide bonds. The highest BCUT2D eigenvalue weighted by atomic mass is 79.9. The predicted octanol–water partition coefficient (Wildman–Crippen LogP) is 3.63. The highest BCUT2D eigenvalue weighted by Gasteiger charge is 2.25. The van der Waals surface area contributed by atoms with Gasteiger partial charge in [-0.05, 0) is 30.3 Å². The zero-order chi connectivity index (χ0) is 14.9. The molecule has 0 fully saturated rings. The molecule has 0 bridgehead atoms. The van der Waals surface area contributed by atoms with Gasteiger partial charge < -0.3 is 4.18 Å². The van der Waals surface area contributed by atoms with Crippen molar-refractivity contribution in [1.29, 1.82) is 0 Å². The number of rotatable bonds is 3. The van der Waals surface area contributed by atoms with Crippen molar-refractivity contribution < 1.29 is 25.8 Å². The number of benzene rings is 2. The first-order valence-electron chi connectivity index (χ1n) is 5.15. The van der Waals surface area contributed by atoms with Crippen molar-refractivity contribution in [2.75, 3.05) is 0 Å². The second-order valence-corrected chi connectivity index (χ2v) is 6.10. The van der Waals surface area contributed by atoms with Crippen LogP contribution in [0.5, 0.6) is 5.75 Å². The highest BCUT2D eigenvalue weighted by molar-refractivity contribution is 9.10. The van der Waals surface area contributed by atoms with Crippen LogP contribution in [0.4, 0.5) is 13.2 Å². The van der Waals surface area contributed by atoms with E-state index in [9.17, 15) is 21.6 Å². The summed E-state index contributed by atoms with van der Waals surface area (Å²) in [5.41, 5.74) is 0. The summed E-state index contributed by atoms with van der Waals surface area (Å²) >= 11 is 3.10. The van der Waals surface area contributed by atoms with E-state index in [0.717, 1.165) is 0 Å². The van der Waals surface area contributed by atoms with Crippen molar-refractivity contribution in [3.8, 4) is 5.75 Å². The molecule has 0 atom stereocenters. The third kappa shape index (κ3) is 2.96. The minimum Gasteiger partial charge on any atom is -0.379 e. The Morgan fingerprint density at radius 1 is 1.00 bits per heavy atom. The fourth-order valence-corrected chi connectivity index (χ4v) is 2.76. The van der Waals surface area contributed by atoms with Gasteiger partial charge in [0.2, 0.25) is 0 Å². The van der Waals surface area contributed by atoms with Crippen LogP contribution in [0.3, 0.4) is 0 Å². The van der Waals surface area contributed by atoms with E-state index in [2.05, 4.69) is 20.1 Å². The molecule has 0 N–H and O–H groups in total. The molecular weight excluding hydrogens is 361 g/mol. The van der Waals surface area contributed by atoms with Crippen molar-refractivity contribution >= 4 is 26.0 Å². The van der Waals surface area contributed by atoms with Gasteiger partial charge in [0.05, 0.1) is 0 Å². The Morgan fingerprint density at radius 2 is 1.70 bits per heavy atom. The number of halogens is 4. The zero-order valence-electron chi connectivity index (χ0n) is 9.61. The van der Waals surface area contributed by atoms with Gasteiger partial charge in [-0.15, -0.1) is 0 Å². The average Bonchev–Trinajstić information content (AvgIpc) is 2.35. The Kier molecular flexibility index (Phi) is 4.05. The molecule has 0 radical (unpaired) electrons. The lowest BCUT2D eigenvalue weighted by Gasteiger charge is -2.08. The van der Waals surface area contributed by atoms with E-state index in [1.807, 2.05) is 0 Å². The van der Waals surface area contributed by atoms with Gasteiger partial charge in [-0.25, -0.2) is 13.2 Å². The van der Waals surface area contributed by atoms with Crippen LogP contribution in [0.2, 0.25) is 0 Å². The first kappa shape index (κ1) is 14.9. The molecule has 0 aliphatic heterocycles. The quantitative estimate of drug-likeness (QED) is 0.615. The van der Waals surface area contributed by atoms with E-state index in [-0.39, 0.29) is 5.75 Å². The molecule has 106 valence electrons. The molecule has 2 rings (SSSR count). The van der Waals surface area contributed by atoms with E-state index < -0.39 is 32.5 Å². The maximum absolute atomic E-state index is 13.5. The summed E-state index contributed by atoms with van der Waals surface area (Å²) in [6.45, 7) is 0. The van der Waals surface area contributed by atoms with Gasteiger partial charge >= 0.3 is 10.1 Å². The van der Waals surface area contributed by atoms with Gasteiger partial charge in [0.25, 0.3) is 0 Å². The minimum absolute atomic E-state index is 0.0940. The Bertz CT molecular complexity index is 763. The molecule has 0 aliphatic rings. The first-order valence-corrected chi connectivity index (χ1v) is 7.35. The topological polar surface area (TPSA) is 43.4 Å². The molecule has 0 spiro atoms. The van der Waals surface area contributed by atoms with Crippen molar-refractivity contribution in [2.45, 2.75) is 4.90 Å². The summed E-state index contributed by atoms with van der Waals surface area (Å²) in [5, 5.41) is 0. The fourth-order valence-electron chi connectivity index (χ4n) is 1.39. The van der Waals surface area contributed by atoms with Crippen LogP contribution >= 0.6 is 15.9 Å². The first-order chi connectivity index (χ1) is 9.31. The van der Waals surface area contributed by atoms with Crippen LogP contribution in [-0.2, 0) is 10.1 Å². The second kappa shape index (κ2) is 5.45. The molecule has 0 saturated carbocycles. The second-order valence-electron chi connectivity index (χ2n) is 3.67. The third-order valence-corrected chi connectivity index (χ3v) is 4.03. The van der Waals surface area contributed by atoms with E-state index >= 15 is 0 Å². The van der Waals surface area contributed by atoms with Gasteiger partial charge in [-0.1, -0.05) is 22.0 Å². The molecule has 0 aromatic heterocycles. The van der Waals surface area contributed by atoms with Crippen LogP contribution in [-0.4, -0.2) is 8.42 Å². The van der Waals surface area contributed by atoms with Crippen LogP contribution in [0.25, 0.3) is 0 Å². The van der Waals surface area contributed by atoms with E-state index in [1.165, 1.54) is 18.2 Å². The lowest BCUT2D eigenvalue weighted by Crippen LogP contribution is -2.13. The third-order valence-electron chi connectivity index (χ3n) is 2.27. The van der Waals surface area contributed by atoms with E-state index in [4.69, 9.17) is 0 Å². The van der Waals surface area contributed by atoms with E-state index in [1.54, 1.807) is 6.07 Å². The monoisotopic (exact) mass is 366 g/mol. The normalized spacial score (nSPS) is 11.4. The van der Waals surface area contributed by atoms with Gasteiger partial charge in [-0.3, -0.25) is 0 Å². The maximum Gasteiger partial charge on any atom is 0.342 e. The van der Waals surface area contributed by atoms with Gasteiger partial charge in [0.1, 0.15) is 10.6 Å². The maximum atomic E-state index is 13.5. The molecule has 0 aliphatic carbocycles. The standard InChI is InChI=1S/C12H6BrF3O3S/c13-7-2-1-3-8(6-7)19-20(17,18)10-5-4-9(14)11(15)12(10)16/h1-6H. The van der Waals surface area contributed by atoms with Crippen LogP contribution in [0.1, 0.15) is 0 Å². The Balaban J connectivity index is 2.44. The SMILES string of the molecule is O=S(=O)(Oc1cccc(Br)c1)c1ccc(F)c(F)c1F. The molecule has 2 aromatic rings. The average molecular weight is 367 g/mol. The molecule has 8 heteroatoms. The summed E-state index contributed by atoms with van der Waals surface area (Å²) in [6.07, 6.45) is 0. The molecule has 20 heavy (non-hydrogen) atoms. The Morgan fingerprint density at radius 3 is 2.35 bits per heavy atom. The van der Waals surface area contributed by atoms with Crippen molar-refractivity contribution in [1.82, 2.24) is 0 Å². The van der Waals surface area contributed by atoms with E-state index in [0.29, 0.717) is 16.6 Å². The molecule has 3 nitrogen and oxygen atoms in total. The summed E-state index contributed by atoms with van der Waals surface area (Å²) < 4.78 is 68.1. The smallest absolute Gasteiger partial charge is 0.342 e. The van der Waals surface area contributed by atoms with Crippen molar-refractivity contribution in [3.63, 3.8) is 0 Å². The minimum atomic E-state index is -4.60. The molecule has 0 unspecified atom stereocenters. The van der Waals surface area contributed by atoms with Gasteiger partial charge in [0, 0.05) is 4.47 Å². The van der Waals surface area contributed by atoms with Crippen LogP contribution in [0, 0.1) is 17.5 Å². The largest absolute Gasteiger partial charge is 0.379 e. The highest BCUT2D eigenvalue weighted by Crippen LogP contribution is 2.25. The van der Waals surface area contributed by atoms with Crippen LogP contribution < -0.4 is 4.18 Å². The number of hydrogen-bond acceptors (Lipinski definition) is 3. The summed E-state index contributed by atoms with van der Waals surface area (Å²) in [7, 11) is -4.60. The van der Waals surface area contributed by atoms with Crippen molar-refractivity contribution in [2.24, 2.45) is 0 Å². The lowest BCUT2D eigenvalue weighted by molar-refractivity contribution is 0.423. The lowest BCUT2D eigenvalue weighted by atomic mass is 10.3. The summed E-state index contributed by atoms with van der Waals surface area (Å²) in [4.78, 5) is -1.07. The molecule has 0 heterocycles. The Labute approximate surface area is 121 Å². The molecular formula is C12H6BrF3O3S. The zero-order valence-corrected chi connectivity index (χ0v) is 12.0. The summed E-state index contributed by atoms with van der Waals surface area (Å²) in [5.74, 6) is -5.27. The van der Waals surface area contributed by atoms with Gasteiger partial charge in [-0.2, -0.15) is 8.42 Å².